The number of aromatic hydroxyl groups is 2. The summed E-state index contributed by atoms with van der Waals surface area (Å²) in [5.41, 5.74) is 2.04. The molecule has 7 nitrogen and oxygen atoms in total. The van der Waals surface area contributed by atoms with Gasteiger partial charge in [-0.2, -0.15) is 0 Å². The number of furan rings is 1. The lowest BCUT2D eigenvalue weighted by Gasteiger charge is -2.13. The zero-order chi connectivity index (χ0) is 21.1. The zero-order valence-corrected chi connectivity index (χ0v) is 17.1. The monoisotopic (exact) mass is 414 g/mol. The summed E-state index contributed by atoms with van der Waals surface area (Å²) >= 11 is 5.30. The van der Waals surface area contributed by atoms with Gasteiger partial charge in [-0.15, -0.1) is 0 Å². The molecule has 0 fully saturated rings. The van der Waals surface area contributed by atoms with E-state index in [-0.39, 0.29) is 34.5 Å². The van der Waals surface area contributed by atoms with Gasteiger partial charge in [0.25, 0.3) is 0 Å². The number of aryl methyl sites for hydroxylation is 2. The molecule has 152 valence electrons. The number of hydrogen-bond donors (Lipinski definition) is 4. The van der Waals surface area contributed by atoms with Crippen molar-refractivity contribution < 1.29 is 24.2 Å². The zero-order valence-electron chi connectivity index (χ0n) is 16.3. The van der Waals surface area contributed by atoms with E-state index in [0.29, 0.717) is 29.0 Å². The van der Waals surface area contributed by atoms with Crippen molar-refractivity contribution in [1.82, 2.24) is 5.32 Å². The maximum atomic E-state index is 12.5. The molecule has 1 aromatic heterocycles. The van der Waals surface area contributed by atoms with Crippen LogP contribution in [0.5, 0.6) is 17.2 Å². The molecule has 0 amide bonds. The molecule has 8 heteroatoms. The molecule has 4 N–H and O–H groups in total. The van der Waals surface area contributed by atoms with E-state index in [4.69, 9.17) is 21.4 Å². The normalized spacial score (nSPS) is 10.7. The number of fused-ring (bicyclic) bond motifs is 1. The van der Waals surface area contributed by atoms with E-state index in [9.17, 15) is 15.0 Å². The second-order valence-electron chi connectivity index (χ2n) is 6.50. The van der Waals surface area contributed by atoms with E-state index in [2.05, 4.69) is 10.6 Å². The smallest absolute Gasteiger partial charge is 0.185 e. The number of phenolic OH excluding ortho intramolecular Hbond substituents is 2. The molecule has 29 heavy (non-hydrogen) atoms. The molecule has 0 saturated carbocycles. The number of anilines is 1. The minimum Gasteiger partial charge on any atom is -0.508 e. The summed E-state index contributed by atoms with van der Waals surface area (Å²) in [7, 11) is 1.57. The Kier molecular flexibility index (Phi) is 5.93. The van der Waals surface area contributed by atoms with Crippen LogP contribution in [0.2, 0.25) is 0 Å². The fraction of sp³-hybridized carbons (Fsp3) is 0.238. The van der Waals surface area contributed by atoms with Crippen LogP contribution in [-0.4, -0.2) is 34.8 Å². The highest BCUT2D eigenvalue weighted by atomic mass is 32.1. The van der Waals surface area contributed by atoms with E-state index in [1.54, 1.807) is 13.2 Å². The van der Waals surface area contributed by atoms with Crippen LogP contribution in [0, 0.1) is 6.92 Å². The third-order valence-electron chi connectivity index (χ3n) is 4.53. The number of carbonyl (C=O) groups is 1. The maximum absolute atomic E-state index is 12.5. The Hall–Kier alpha value is -3.26. The highest BCUT2D eigenvalue weighted by molar-refractivity contribution is 7.80. The van der Waals surface area contributed by atoms with Crippen molar-refractivity contribution in [2.45, 2.75) is 20.3 Å². The van der Waals surface area contributed by atoms with Crippen molar-refractivity contribution in [2.75, 3.05) is 19.0 Å². The predicted molar refractivity (Wildman–Crippen MR) is 115 cm³/mol. The molecular weight excluding hydrogens is 392 g/mol. The number of benzene rings is 2. The van der Waals surface area contributed by atoms with Crippen molar-refractivity contribution in [3.63, 3.8) is 0 Å². The molecule has 0 spiro atoms. The molecule has 0 aliphatic carbocycles. The van der Waals surface area contributed by atoms with Gasteiger partial charge in [-0.25, -0.2) is 0 Å². The van der Waals surface area contributed by atoms with E-state index >= 15 is 0 Å². The third-order valence-corrected chi connectivity index (χ3v) is 4.77. The summed E-state index contributed by atoms with van der Waals surface area (Å²) in [4.78, 5) is 12.5. The first-order valence-electron chi connectivity index (χ1n) is 9.04. The van der Waals surface area contributed by atoms with E-state index in [1.807, 2.05) is 26.0 Å². The number of thiocarbonyl (C=S) groups is 1. The summed E-state index contributed by atoms with van der Waals surface area (Å²) in [5, 5.41) is 26.7. The van der Waals surface area contributed by atoms with Crippen molar-refractivity contribution in [3.05, 3.63) is 47.2 Å². The van der Waals surface area contributed by atoms with Gasteiger partial charge in [-0.1, -0.05) is 6.92 Å². The topological polar surface area (TPSA) is 104 Å². The first-order valence-corrected chi connectivity index (χ1v) is 9.44. The third kappa shape index (κ3) is 4.27. The lowest BCUT2D eigenvalue weighted by molar-refractivity contribution is 0.0994. The fourth-order valence-electron chi connectivity index (χ4n) is 3.04. The van der Waals surface area contributed by atoms with Crippen molar-refractivity contribution in [3.8, 4) is 17.2 Å². The molecular formula is C21H22N2O5S. The standard InChI is InChI=1S/C21H22N2O5S/c1-4-12-8-14(17(25)9-16(12)24)18(26)10-22-21(29)23-15-5-6-19(27-3)20-13(15)7-11(2)28-20/h5-9,24-25H,4,10H2,1-3H3,(H2,22,23,29). The second kappa shape index (κ2) is 8.40. The molecule has 0 radical (unpaired) electrons. The lowest BCUT2D eigenvalue weighted by atomic mass is 10.0. The van der Waals surface area contributed by atoms with E-state index in [0.717, 1.165) is 11.1 Å². The molecule has 0 aliphatic heterocycles. The van der Waals surface area contributed by atoms with Crippen LogP contribution < -0.4 is 15.4 Å². The summed E-state index contributed by atoms with van der Waals surface area (Å²) in [6.07, 6.45) is 0.539. The molecule has 0 atom stereocenters. The Labute approximate surface area is 173 Å². The van der Waals surface area contributed by atoms with Gasteiger partial charge >= 0.3 is 0 Å². The van der Waals surface area contributed by atoms with Crippen LogP contribution in [-0.2, 0) is 6.42 Å². The summed E-state index contributed by atoms with van der Waals surface area (Å²) < 4.78 is 11.0. The van der Waals surface area contributed by atoms with Crippen LogP contribution in [0.1, 0.15) is 28.6 Å². The number of carbonyl (C=O) groups excluding carboxylic acids is 1. The Morgan fingerprint density at radius 2 is 1.97 bits per heavy atom. The van der Waals surface area contributed by atoms with Crippen LogP contribution in [0.3, 0.4) is 0 Å². The number of phenols is 2. The van der Waals surface area contributed by atoms with Gasteiger partial charge in [0, 0.05) is 11.5 Å². The number of rotatable bonds is 6. The predicted octanol–water partition coefficient (Wildman–Crippen LogP) is 3.89. The van der Waals surface area contributed by atoms with Gasteiger partial charge < -0.3 is 30.0 Å². The van der Waals surface area contributed by atoms with Crippen LogP contribution in [0.15, 0.2) is 34.7 Å². The molecule has 3 rings (SSSR count). The highest BCUT2D eigenvalue weighted by Gasteiger charge is 2.16. The van der Waals surface area contributed by atoms with Gasteiger partial charge in [0.1, 0.15) is 17.3 Å². The van der Waals surface area contributed by atoms with E-state index < -0.39 is 0 Å². The first kappa shape index (κ1) is 20.5. The molecule has 0 saturated heterocycles. The number of hydrogen-bond acceptors (Lipinski definition) is 6. The largest absolute Gasteiger partial charge is 0.508 e. The SMILES string of the molecule is CCc1cc(C(=O)CNC(=S)Nc2ccc(OC)c3oc(C)cc23)c(O)cc1O. The van der Waals surface area contributed by atoms with Crippen LogP contribution in [0.25, 0.3) is 11.0 Å². The highest BCUT2D eigenvalue weighted by Crippen LogP contribution is 2.34. The van der Waals surface area contributed by atoms with Crippen LogP contribution in [0.4, 0.5) is 5.69 Å². The van der Waals surface area contributed by atoms with Crippen molar-refractivity contribution in [1.29, 1.82) is 0 Å². The summed E-state index contributed by atoms with van der Waals surface area (Å²) in [5.74, 6) is 0.695. The molecule has 2 aromatic carbocycles. The van der Waals surface area contributed by atoms with Crippen molar-refractivity contribution in [2.24, 2.45) is 0 Å². The molecule has 0 aliphatic rings. The van der Waals surface area contributed by atoms with Gasteiger partial charge in [0.05, 0.1) is 24.9 Å². The molecule has 3 aromatic rings. The summed E-state index contributed by atoms with van der Waals surface area (Å²) in [6, 6.07) is 8.12. The van der Waals surface area contributed by atoms with Gasteiger partial charge in [0.15, 0.2) is 22.2 Å². The minimum atomic E-state index is -0.347. The Morgan fingerprint density at radius 3 is 2.66 bits per heavy atom. The van der Waals surface area contributed by atoms with Gasteiger partial charge in [-0.3, -0.25) is 4.79 Å². The Morgan fingerprint density at radius 1 is 1.21 bits per heavy atom. The quantitative estimate of drug-likeness (QED) is 0.356. The Bertz CT molecular complexity index is 1090. The molecule has 0 unspecified atom stereocenters. The number of ketones is 1. The van der Waals surface area contributed by atoms with Gasteiger partial charge in [-0.05, 0) is 55.4 Å². The first-order chi connectivity index (χ1) is 13.8. The molecule has 1 heterocycles. The molecule has 0 bridgehead atoms. The number of ether oxygens (including phenoxy) is 1. The fourth-order valence-corrected chi connectivity index (χ4v) is 3.22. The second-order valence-corrected chi connectivity index (χ2v) is 6.91. The summed E-state index contributed by atoms with van der Waals surface area (Å²) in [6.45, 7) is 3.58. The number of methoxy groups -OCH3 is 1. The minimum absolute atomic E-state index is 0.0365. The number of nitrogens with one attached hydrogen (secondary N) is 2. The van der Waals surface area contributed by atoms with Crippen LogP contribution >= 0.6 is 12.2 Å². The van der Waals surface area contributed by atoms with Gasteiger partial charge in [0.2, 0.25) is 0 Å². The average molecular weight is 414 g/mol. The van der Waals surface area contributed by atoms with Crippen molar-refractivity contribution >= 4 is 39.8 Å². The number of Topliss-reactive ketones (excluding diaryl/α,β-unsaturated/α-hetero) is 1. The lowest BCUT2D eigenvalue weighted by Crippen LogP contribution is -2.33. The Balaban J connectivity index is 1.71. The van der Waals surface area contributed by atoms with E-state index in [1.165, 1.54) is 12.1 Å². The average Bonchev–Trinajstić information content (AvgIpc) is 3.08. The maximum Gasteiger partial charge on any atom is 0.185 e.